The van der Waals surface area contributed by atoms with Crippen molar-refractivity contribution in [3.8, 4) is 6.07 Å². The molecule has 0 saturated carbocycles. The lowest BCUT2D eigenvalue weighted by Crippen LogP contribution is -1.89. The molecule has 1 nitrogen and oxygen atoms in total. The third-order valence-electron chi connectivity index (χ3n) is 5.71. The zero-order valence-electron chi connectivity index (χ0n) is 18.4. The fraction of sp³-hybridized carbons (Fsp3) is 0.960. The van der Waals surface area contributed by atoms with Gasteiger partial charge in [0.1, 0.15) is 0 Å². The Morgan fingerprint density at radius 2 is 0.769 bits per heavy atom. The minimum atomic E-state index is 0.255. The third-order valence-corrected chi connectivity index (χ3v) is 5.71. The molecular formula is C25H49N. The molecular weight excluding hydrogens is 314 g/mol. The Bertz CT molecular complexity index is 291. The summed E-state index contributed by atoms with van der Waals surface area (Å²) >= 11 is 0. The number of nitriles is 1. The van der Waals surface area contributed by atoms with Crippen molar-refractivity contribution in [2.45, 2.75) is 149 Å². The van der Waals surface area contributed by atoms with E-state index >= 15 is 0 Å². The number of hydrogen-bond acceptors (Lipinski definition) is 1. The molecule has 0 saturated heterocycles. The smallest absolute Gasteiger partial charge is 0.0652 e. The lowest BCUT2D eigenvalue weighted by Gasteiger charge is -2.04. The second kappa shape index (κ2) is 22.5. The van der Waals surface area contributed by atoms with Crippen molar-refractivity contribution >= 4 is 0 Å². The van der Waals surface area contributed by atoms with E-state index in [-0.39, 0.29) is 5.92 Å². The van der Waals surface area contributed by atoms with Gasteiger partial charge in [-0.15, -0.1) is 0 Å². The number of hydrogen-bond donors (Lipinski definition) is 0. The normalized spacial score (nSPS) is 12.2. The van der Waals surface area contributed by atoms with Gasteiger partial charge in [0.25, 0.3) is 0 Å². The molecule has 0 heterocycles. The predicted molar refractivity (Wildman–Crippen MR) is 117 cm³/mol. The summed E-state index contributed by atoms with van der Waals surface area (Å²) in [6.07, 6.45) is 29.7. The molecule has 0 spiro atoms. The predicted octanol–water partition coefficient (Wildman–Crippen LogP) is 9.36. The van der Waals surface area contributed by atoms with Crippen molar-refractivity contribution in [3.63, 3.8) is 0 Å². The van der Waals surface area contributed by atoms with Crippen molar-refractivity contribution in [3.05, 3.63) is 0 Å². The van der Waals surface area contributed by atoms with E-state index in [0.717, 1.165) is 6.42 Å². The highest BCUT2D eigenvalue weighted by Crippen LogP contribution is 2.15. The van der Waals surface area contributed by atoms with Crippen LogP contribution in [0, 0.1) is 17.2 Å². The fourth-order valence-electron chi connectivity index (χ4n) is 3.77. The molecule has 0 rings (SSSR count). The first-order valence-electron chi connectivity index (χ1n) is 12.2. The van der Waals surface area contributed by atoms with Crippen LogP contribution in [-0.2, 0) is 0 Å². The molecule has 0 fully saturated rings. The molecule has 1 atom stereocenters. The van der Waals surface area contributed by atoms with Crippen LogP contribution in [0.3, 0.4) is 0 Å². The Labute approximate surface area is 166 Å². The van der Waals surface area contributed by atoms with Crippen LogP contribution in [0.2, 0.25) is 0 Å². The van der Waals surface area contributed by atoms with Crippen molar-refractivity contribution < 1.29 is 0 Å². The summed E-state index contributed by atoms with van der Waals surface area (Å²) in [6.45, 7) is 4.33. The highest BCUT2D eigenvalue weighted by atomic mass is 14.3. The van der Waals surface area contributed by atoms with Gasteiger partial charge in [0, 0.05) is 5.92 Å². The first kappa shape index (κ1) is 25.5. The standard InChI is InChI=1S/C25H49N/c1-3-4-5-6-7-8-9-10-11-12-13-14-15-16-17-18-19-20-21-22-23-25(2)24-26/h25H,3-23H2,1-2H3. The summed E-state index contributed by atoms with van der Waals surface area (Å²) in [5, 5.41) is 8.74. The molecule has 26 heavy (non-hydrogen) atoms. The Morgan fingerprint density at radius 3 is 1.04 bits per heavy atom. The molecule has 1 unspecified atom stereocenters. The van der Waals surface area contributed by atoms with Crippen LogP contribution < -0.4 is 0 Å². The molecule has 0 aliphatic carbocycles. The maximum absolute atomic E-state index is 8.74. The molecule has 1 heteroatoms. The zero-order valence-corrected chi connectivity index (χ0v) is 18.4. The number of unbranched alkanes of at least 4 members (excludes halogenated alkanes) is 19. The van der Waals surface area contributed by atoms with Gasteiger partial charge < -0.3 is 0 Å². The van der Waals surface area contributed by atoms with Gasteiger partial charge in [-0.2, -0.15) is 5.26 Å². The molecule has 0 aliphatic heterocycles. The van der Waals surface area contributed by atoms with Gasteiger partial charge in [-0.05, 0) is 13.3 Å². The SMILES string of the molecule is CCCCCCCCCCCCCCCCCCCCCCC(C)C#N. The first-order valence-corrected chi connectivity index (χ1v) is 12.2. The maximum Gasteiger partial charge on any atom is 0.0652 e. The summed E-state index contributed by atoms with van der Waals surface area (Å²) < 4.78 is 0. The van der Waals surface area contributed by atoms with E-state index in [0.29, 0.717) is 0 Å². The molecule has 0 aromatic rings. The molecule has 154 valence electrons. The minimum absolute atomic E-state index is 0.255. The second-order valence-electron chi connectivity index (χ2n) is 8.54. The fourth-order valence-corrected chi connectivity index (χ4v) is 3.77. The largest absolute Gasteiger partial charge is 0.198 e. The lowest BCUT2D eigenvalue weighted by molar-refractivity contribution is 0.514. The van der Waals surface area contributed by atoms with Gasteiger partial charge >= 0.3 is 0 Å². The summed E-state index contributed by atoms with van der Waals surface area (Å²) in [6, 6.07) is 2.33. The van der Waals surface area contributed by atoms with Crippen LogP contribution in [0.15, 0.2) is 0 Å². The summed E-state index contributed by atoms with van der Waals surface area (Å²) in [7, 11) is 0. The topological polar surface area (TPSA) is 23.8 Å². The van der Waals surface area contributed by atoms with Crippen LogP contribution in [-0.4, -0.2) is 0 Å². The van der Waals surface area contributed by atoms with Crippen molar-refractivity contribution in [1.82, 2.24) is 0 Å². The quantitative estimate of drug-likeness (QED) is 0.186. The van der Waals surface area contributed by atoms with E-state index in [2.05, 4.69) is 13.0 Å². The molecule has 0 radical (unpaired) electrons. The molecule has 0 aliphatic rings. The van der Waals surface area contributed by atoms with Gasteiger partial charge in [0.15, 0.2) is 0 Å². The molecule has 0 aromatic heterocycles. The minimum Gasteiger partial charge on any atom is -0.198 e. The van der Waals surface area contributed by atoms with E-state index in [4.69, 9.17) is 5.26 Å². The number of rotatable bonds is 21. The highest BCUT2D eigenvalue weighted by molar-refractivity contribution is 4.77. The molecule has 0 bridgehead atoms. The van der Waals surface area contributed by atoms with Crippen LogP contribution in [0.4, 0.5) is 0 Å². The number of nitrogens with zero attached hydrogens (tertiary/aromatic N) is 1. The van der Waals surface area contributed by atoms with E-state index in [1.165, 1.54) is 128 Å². The summed E-state index contributed by atoms with van der Waals surface area (Å²) in [5.74, 6) is 0.255. The first-order chi connectivity index (χ1) is 12.8. The van der Waals surface area contributed by atoms with Crippen LogP contribution in [0.1, 0.15) is 149 Å². The van der Waals surface area contributed by atoms with Gasteiger partial charge in [-0.1, -0.05) is 135 Å². The third kappa shape index (κ3) is 21.5. The average molecular weight is 364 g/mol. The average Bonchev–Trinajstić information content (AvgIpc) is 2.66. The van der Waals surface area contributed by atoms with E-state index in [1.807, 2.05) is 6.92 Å². The van der Waals surface area contributed by atoms with Crippen LogP contribution in [0.5, 0.6) is 0 Å². The van der Waals surface area contributed by atoms with E-state index in [9.17, 15) is 0 Å². The highest BCUT2D eigenvalue weighted by Gasteiger charge is 1.99. The Morgan fingerprint density at radius 1 is 0.500 bits per heavy atom. The maximum atomic E-state index is 8.74. The van der Waals surface area contributed by atoms with Gasteiger partial charge in [0.2, 0.25) is 0 Å². The van der Waals surface area contributed by atoms with Gasteiger partial charge in [-0.25, -0.2) is 0 Å². The lowest BCUT2D eigenvalue weighted by atomic mass is 10.0. The van der Waals surface area contributed by atoms with Crippen molar-refractivity contribution in [2.24, 2.45) is 5.92 Å². The monoisotopic (exact) mass is 363 g/mol. The van der Waals surface area contributed by atoms with Crippen molar-refractivity contribution in [1.29, 1.82) is 5.26 Å². The van der Waals surface area contributed by atoms with Crippen LogP contribution >= 0.6 is 0 Å². The molecule has 0 aromatic carbocycles. The van der Waals surface area contributed by atoms with E-state index < -0.39 is 0 Å². The van der Waals surface area contributed by atoms with Gasteiger partial charge in [-0.3, -0.25) is 0 Å². The zero-order chi connectivity index (χ0) is 19.1. The molecule has 0 amide bonds. The Balaban J connectivity index is 3.00. The molecule has 0 N–H and O–H groups in total. The van der Waals surface area contributed by atoms with E-state index in [1.54, 1.807) is 0 Å². The van der Waals surface area contributed by atoms with Gasteiger partial charge in [0.05, 0.1) is 6.07 Å². The van der Waals surface area contributed by atoms with Crippen LogP contribution in [0.25, 0.3) is 0 Å². The Kier molecular flexibility index (Phi) is 22.1. The van der Waals surface area contributed by atoms with Crippen molar-refractivity contribution in [2.75, 3.05) is 0 Å². The summed E-state index contributed by atoms with van der Waals surface area (Å²) in [5.41, 5.74) is 0. The second-order valence-corrected chi connectivity index (χ2v) is 8.54. The summed E-state index contributed by atoms with van der Waals surface area (Å²) in [4.78, 5) is 0. The Hall–Kier alpha value is -0.510.